The number of primary amides is 1. The van der Waals surface area contributed by atoms with Crippen LogP contribution in [0, 0.1) is 5.82 Å². The molecule has 6 nitrogen and oxygen atoms in total. The number of nitrogens with one attached hydrogen (secondary N) is 1. The summed E-state index contributed by atoms with van der Waals surface area (Å²) in [5, 5.41) is 2.67. The highest BCUT2D eigenvalue weighted by Gasteiger charge is 2.36. The van der Waals surface area contributed by atoms with Gasteiger partial charge in [-0.1, -0.05) is 36.4 Å². The number of amides is 2. The SMILES string of the molecule is NC(=O)c1ccc2c(c1)C(NC(=O)c1cc(-c3ncccn3)c(C(F)(F)F)cc1F)=C(c1ccccc1)C2. The summed E-state index contributed by atoms with van der Waals surface area (Å²) in [6.45, 7) is 0. The van der Waals surface area contributed by atoms with Crippen LogP contribution >= 0.6 is 0 Å². The van der Waals surface area contributed by atoms with Crippen LogP contribution in [-0.4, -0.2) is 21.8 Å². The van der Waals surface area contributed by atoms with E-state index < -0.39 is 40.5 Å². The zero-order chi connectivity index (χ0) is 27.0. The van der Waals surface area contributed by atoms with Gasteiger partial charge in [0, 0.05) is 35.5 Å². The van der Waals surface area contributed by atoms with Crippen LogP contribution in [0.25, 0.3) is 22.7 Å². The van der Waals surface area contributed by atoms with Crippen LogP contribution < -0.4 is 11.1 Å². The molecule has 2 amide bonds. The first-order chi connectivity index (χ1) is 18.1. The molecule has 3 N–H and O–H groups in total. The summed E-state index contributed by atoms with van der Waals surface area (Å²) < 4.78 is 56.1. The van der Waals surface area contributed by atoms with Crippen molar-refractivity contribution in [3.63, 3.8) is 0 Å². The number of carbonyl (C=O) groups excluding carboxylic acids is 2. The quantitative estimate of drug-likeness (QED) is 0.353. The first-order valence-corrected chi connectivity index (χ1v) is 11.3. The van der Waals surface area contributed by atoms with Gasteiger partial charge >= 0.3 is 6.18 Å². The Kier molecular flexibility index (Phi) is 6.23. The second-order valence-corrected chi connectivity index (χ2v) is 8.53. The first-order valence-electron chi connectivity index (χ1n) is 11.3. The summed E-state index contributed by atoms with van der Waals surface area (Å²) in [7, 11) is 0. The van der Waals surface area contributed by atoms with Gasteiger partial charge in [-0.05, 0) is 47.0 Å². The molecule has 0 bridgehead atoms. The average Bonchev–Trinajstić information content (AvgIpc) is 3.26. The smallest absolute Gasteiger partial charge is 0.366 e. The molecule has 1 aliphatic carbocycles. The maximum atomic E-state index is 15.0. The Morgan fingerprint density at radius 2 is 1.61 bits per heavy atom. The van der Waals surface area contributed by atoms with E-state index >= 15 is 4.39 Å². The molecule has 0 atom stereocenters. The third-order valence-corrected chi connectivity index (χ3v) is 6.16. The molecule has 0 saturated carbocycles. The van der Waals surface area contributed by atoms with Crippen molar-refractivity contribution >= 4 is 23.1 Å². The molecule has 1 aromatic heterocycles. The van der Waals surface area contributed by atoms with Crippen LogP contribution in [0.1, 0.15) is 43.0 Å². The third-order valence-electron chi connectivity index (χ3n) is 6.16. The first kappa shape index (κ1) is 24.8. The van der Waals surface area contributed by atoms with E-state index in [1.807, 2.05) is 18.2 Å². The number of nitrogens with zero attached hydrogens (tertiary/aromatic N) is 2. The fourth-order valence-corrected chi connectivity index (χ4v) is 4.37. The summed E-state index contributed by atoms with van der Waals surface area (Å²) in [5.74, 6) is -3.32. The van der Waals surface area contributed by atoms with Crippen LogP contribution in [0.3, 0.4) is 0 Å². The van der Waals surface area contributed by atoms with E-state index in [-0.39, 0.29) is 17.5 Å². The van der Waals surface area contributed by atoms with E-state index in [4.69, 9.17) is 5.73 Å². The highest BCUT2D eigenvalue weighted by molar-refractivity contribution is 6.08. The number of allylic oxidation sites excluding steroid dienone is 1. The van der Waals surface area contributed by atoms with Crippen LogP contribution in [0.15, 0.2) is 79.1 Å². The van der Waals surface area contributed by atoms with Gasteiger partial charge in [-0.25, -0.2) is 14.4 Å². The number of halogens is 4. The molecule has 0 fully saturated rings. The zero-order valence-electron chi connectivity index (χ0n) is 19.5. The molecule has 10 heteroatoms. The molecule has 190 valence electrons. The number of hydrogen-bond acceptors (Lipinski definition) is 4. The Balaban J connectivity index is 1.62. The van der Waals surface area contributed by atoms with Crippen molar-refractivity contribution in [2.75, 3.05) is 0 Å². The van der Waals surface area contributed by atoms with E-state index in [1.165, 1.54) is 24.5 Å². The summed E-state index contributed by atoms with van der Waals surface area (Å²) in [5.41, 5.74) is 6.23. The van der Waals surface area contributed by atoms with Gasteiger partial charge in [0.05, 0.1) is 16.8 Å². The van der Waals surface area contributed by atoms with E-state index in [2.05, 4.69) is 15.3 Å². The number of rotatable bonds is 5. The van der Waals surface area contributed by atoms with Gasteiger partial charge in [-0.3, -0.25) is 9.59 Å². The molecule has 0 radical (unpaired) electrons. The summed E-state index contributed by atoms with van der Waals surface area (Å²) in [6, 6.07) is 16.4. The highest BCUT2D eigenvalue weighted by atomic mass is 19.4. The Labute approximate surface area is 213 Å². The fourth-order valence-electron chi connectivity index (χ4n) is 4.37. The molecule has 3 aromatic carbocycles. The second kappa shape index (κ2) is 9.55. The number of nitrogens with two attached hydrogens (primary N) is 1. The Morgan fingerprint density at radius 1 is 0.895 bits per heavy atom. The zero-order valence-corrected chi connectivity index (χ0v) is 19.5. The molecular weight excluding hydrogens is 500 g/mol. The minimum atomic E-state index is -4.91. The van der Waals surface area contributed by atoms with Gasteiger partial charge in [0.2, 0.25) is 5.91 Å². The van der Waals surface area contributed by atoms with Crippen molar-refractivity contribution in [2.45, 2.75) is 12.6 Å². The lowest BCUT2D eigenvalue weighted by Gasteiger charge is -2.16. The lowest BCUT2D eigenvalue weighted by atomic mass is 10.0. The molecule has 0 spiro atoms. The highest BCUT2D eigenvalue weighted by Crippen LogP contribution is 2.39. The van der Waals surface area contributed by atoms with E-state index in [9.17, 15) is 22.8 Å². The van der Waals surface area contributed by atoms with Crippen molar-refractivity contribution in [2.24, 2.45) is 5.73 Å². The molecule has 0 unspecified atom stereocenters. The number of aromatic nitrogens is 2. The maximum absolute atomic E-state index is 15.0. The predicted octanol–water partition coefficient (Wildman–Crippen LogP) is 5.25. The van der Waals surface area contributed by atoms with Crippen molar-refractivity contribution in [3.05, 3.63) is 118 Å². The molecular formula is C28H18F4N4O2. The Hall–Kier alpha value is -4.86. The largest absolute Gasteiger partial charge is 0.417 e. The lowest BCUT2D eigenvalue weighted by Crippen LogP contribution is -2.24. The lowest BCUT2D eigenvalue weighted by molar-refractivity contribution is -0.137. The van der Waals surface area contributed by atoms with Gasteiger partial charge in [-0.15, -0.1) is 0 Å². The molecule has 1 heterocycles. The molecule has 0 saturated heterocycles. The van der Waals surface area contributed by atoms with E-state index in [1.54, 1.807) is 24.3 Å². The monoisotopic (exact) mass is 518 g/mol. The Bertz CT molecular complexity index is 1600. The average molecular weight is 518 g/mol. The van der Waals surface area contributed by atoms with Gasteiger partial charge in [0.1, 0.15) is 5.82 Å². The van der Waals surface area contributed by atoms with E-state index in [0.29, 0.717) is 23.3 Å². The minimum Gasteiger partial charge on any atom is -0.366 e. The van der Waals surface area contributed by atoms with Crippen molar-refractivity contribution in [3.8, 4) is 11.4 Å². The molecule has 0 aliphatic heterocycles. The maximum Gasteiger partial charge on any atom is 0.417 e. The third kappa shape index (κ3) is 4.63. The molecule has 1 aliphatic rings. The minimum absolute atomic E-state index is 0.203. The molecule has 4 aromatic rings. The van der Waals surface area contributed by atoms with Crippen molar-refractivity contribution in [1.29, 1.82) is 0 Å². The number of fused-ring (bicyclic) bond motifs is 1. The van der Waals surface area contributed by atoms with Gasteiger partial charge in [0.15, 0.2) is 5.82 Å². The van der Waals surface area contributed by atoms with Gasteiger partial charge in [-0.2, -0.15) is 13.2 Å². The summed E-state index contributed by atoms with van der Waals surface area (Å²) >= 11 is 0. The van der Waals surface area contributed by atoms with E-state index in [0.717, 1.165) is 17.2 Å². The summed E-state index contributed by atoms with van der Waals surface area (Å²) in [6.07, 6.45) is -2.03. The number of hydrogen-bond donors (Lipinski definition) is 2. The second-order valence-electron chi connectivity index (χ2n) is 8.53. The van der Waals surface area contributed by atoms with Gasteiger partial charge in [0.25, 0.3) is 5.91 Å². The van der Waals surface area contributed by atoms with Crippen LogP contribution in [0.2, 0.25) is 0 Å². The fraction of sp³-hybridized carbons (Fsp3) is 0.0714. The topological polar surface area (TPSA) is 98.0 Å². The van der Waals surface area contributed by atoms with Crippen molar-refractivity contribution in [1.82, 2.24) is 15.3 Å². The normalized spacial score (nSPS) is 12.8. The van der Waals surface area contributed by atoms with Crippen LogP contribution in [-0.2, 0) is 12.6 Å². The van der Waals surface area contributed by atoms with Crippen molar-refractivity contribution < 1.29 is 27.2 Å². The number of carbonyl (C=O) groups is 2. The molecule has 38 heavy (non-hydrogen) atoms. The predicted molar refractivity (Wildman–Crippen MR) is 132 cm³/mol. The standard InChI is InChI=1S/C28H18F4N4O2/c29-23-14-22(28(30,31)32)20(26-34-9-4-10-35-26)13-21(23)27(38)36-24-18(15-5-2-1-3-6-15)11-16-7-8-17(25(33)37)12-19(16)24/h1-10,12-14H,11H2,(H2,33,37)(H,36,38). The van der Waals surface area contributed by atoms with Crippen LogP contribution in [0.4, 0.5) is 17.6 Å². The van der Waals surface area contributed by atoms with Crippen LogP contribution in [0.5, 0.6) is 0 Å². The van der Waals surface area contributed by atoms with Gasteiger partial charge < -0.3 is 11.1 Å². The Morgan fingerprint density at radius 3 is 2.26 bits per heavy atom. The molecule has 5 rings (SSSR count). The summed E-state index contributed by atoms with van der Waals surface area (Å²) in [4.78, 5) is 32.9. The number of benzene rings is 3. The number of alkyl halides is 3.